The Kier molecular flexibility index (Phi) is 7.24. The molecule has 3 heterocycles. The van der Waals surface area contributed by atoms with E-state index in [1.54, 1.807) is 0 Å². The fraction of sp³-hybridized carbons (Fsp3) is 0.100. The quantitative estimate of drug-likeness (QED) is 0.162. The van der Waals surface area contributed by atoms with E-state index in [2.05, 4.69) is 135 Å². The molecule has 6 aromatic carbocycles. The van der Waals surface area contributed by atoms with Crippen LogP contribution in [-0.4, -0.2) is 9.55 Å². The maximum Gasteiger partial charge on any atom is 0.170 e. The lowest BCUT2D eigenvalue weighted by atomic mass is 9.65. The number of hydrogen-bond donors (Lipinski definition) is 0. The third-order valence-electron chi connectivity index (χ3n) is 11.4. The fourth-order valence-corrected chi connectivity index (χ4v) is 8.95. The van der Waals surface area contributed by atoms with Gasteiger partial charge in [0.05, 0.1) is 28.6 Å². The van der Waals surface area contributed by atoms with Crippen molar-refractivity contribution in [3.63, 3.8) is 0 Å². The Balaban J connectivity index is 1.12. The van der Waals surface area contributed by atoms with Crippen molar-refractivity contribution in [3.8, 4) is 62.2 Å². The number of rotatable bonds is 6. The summed E-state index contributed by atoms with van der Waals surface area (Å²) in [5.41, 5.74) is 13.1. The average Bonchev–Trinajstić information content (AvgIpc) is 3.69. The molecule has 54 heavy (non-hydrogen) atoms. The van der Waals surface area contributed by atoms with E-state index in [0.29, 0.717) is 0 Å². The maximum atomic E-state index is 6.46. The van der Waals surface area contributed by atoms with Gasteiger partial charge >= 0.3 is 0 Å². The Labute approximate surface area is 315 Å². The minimum Gasteiger partial charge on any atom is -0.450 e. The highest BCUT2D eigenvalue weighted by atomic mass is 16.6. The van der Waals surface area contributed by atoms with Gasteiger partial charge in [0.25, 0.3) is 0 Å². The van der Waals surface area contributed by atoms with Gasteiger partial charge in [-0.15, -0.1) is 0 Å². The lowest BCUT2D eigenvalue weighted by Gasteiger charge is -2.38. The molecule has 0 N–H and O–H groups in total. The monoisotopic (exact) mass is 698 g/mol. The molecule has 1 unspecified atom stereocenters. The first-order valence-corrected chi connectivity index (χ1v) is 18.6. The second-order valence-electron chi connectivity index (χ2n) is 14.6. The van der Waals surface area contributed by atoms with Crippen LogP contribution < -0.4 is 9.47 Å². The summed E-state index contributed by atoms with van der Waals surface area (Å²) in [6.45, 7) is 11.4. The van der Waals surface area contributed by atoms with E-state index < -0.39 is 5.41 Å². The third-order valence-corrected chi connectivity index (χ3v) is 11.4. The third kappa shape index (κ3) is 4.66. The van der Waals surface area contributed by atoms with Crippen molar-refractivity contribution in [1.29, 1.82) is 0 Å². The zero-order valence-corrected chi connectivity index (χ0v) is 30.5. The van der Waals surface area contributed by atoms with Crippen LogP contribution in [0.25, 0.3) is 61.0 Å². The molecule has 1 aliphatic carbocycles. The molecule has 0 spiro atoms. The summed E-state index contributed by atoms with van der Waals surface area (Å²) in [6, 6.07) is 49.2. The first kappa shape index (κ1) is 32.0. The van der Waals surface area contributed by atoms with Crippen molar-refractivity contribution in [2.24, 2.45) is 5.92 Å². The van der Waals surface area contributed by atoms with E-state index in [1.165, 1.54) is 27.5 Å². The number of nitrogens with zero attached hydrogens (tertiary/aromatic N) is 2. The summed E-state index contributed by atoms with van der Waals surface area (Å²) >= 11 is 0. The fourth-order valence-electron chi connectivity index (χ4n) is 8.95. The lowest BCUT2D eigenvalue weighted by molar-refractivity contribution is 0.357. The second-order valence-corrected chi connectivity index (χ2v) is 14.6. The molecule has 10 rings (SSSR count). The van der Waals surface area contributed by atoms with E-state index in [9.17, 15) is 0 Å². The highest BCUT2D eigenvalue weighted by molar-refractivity contribution is 6.10. The molecular weight excluding hydrogens is 661 g/mol. The summed E-state index contributed by atoms with van der Waals surface area (Å²) in [5, 5.41) is 2.41. The molecule has 0 amide bonds. The molecule has 1 atom stereocenters. The smallest absolute Gasteiger partial charge is 0.170 e. The van der Waals surface area contributed by atoms with Crippen molar-refractivity contribution in [1.82, 2.24) is 9.55 Å². The summed E-state index contributed by atoms with van der Waals surface area (Å²) < 4.78 is 15.2. The molecule has 8 aromatic rings. The summed E-state index contributed by atoms with van der Waals surface area (Å²) in [5.74, 6) is 3.11. The van der Waals surface area contributed by atoms with Gasteiger partial charge in [-0.2, -0.15) is 0 Å². The SMILES string of the molecule is C=C(/C=C\C)C1(C(C)C)c2cc(-c3ccc4c(c3)c3ccccc3n4-c3ccc(-c4ccccc4)nc3)ccc2-c2cc3c(cc21)Oc1ccccc1O3. The molecule has 0 fully saturated rings. The zero-order valence-electron chi connectivity index (χ0n) is 30.5. The van der Waals surface area contributed by atoms with Crippen LogP contribution in [-0.2, 0) is 5.41 Å². The Hall–Kier alpha value is -6.65. The molecule has 2 aromatic heterocycles. The molecule has 260 valence electrons. The van der Waals surface area contributed by atoms with Gasteiger partial charge in [0.1, 0.15) is 0 Å². The van der Waals surface area contributed by atoms with Crippen LogP contribution >= 0.6 is 0 Å². The Bertz CT molecular complexity index is 2830. The maximum absolute atomic E-state index is 6.46. The second kappa shape index (κ2) is 12.2. The molecule has 4 nitrogen and oxygen atoms in total. The van der Waals surface area contributed by atoms with Crippen LogP contribution in [0.15, 0.2) is 170 Å². The number of ether oxygens (including phenoxy) is 2. The Morgan fingerprint density at radius 2 is 1.30 bits per heavy atom. The van der Waals surface area contributed by atoms with Crippen molar-refractivity contribution in [3.05, 3.63) is 181 Å². The molecule has 0 bridgehead atoms. The van der Waals surface area contributed by atoms with Crippen LogP contribution in [0.3, 0.4) is 0 Å². The summed E-state index contributed by atoms with van der Waals surface area (Å²) in [4.78, 5) is 4.88. The van der Waals surface area contributed by atoms with Gasteiger partial charge in [-0.05, 0) is 112 Å². The minimum atomic E-state index is -0.471. The molecular formula is C50H38N2O2. The van der Waals surface area contributed by atoms with Gasteiger partial charge < -0.3 is 14.0 Å². The van der Waals surface area contributed by atoms with Gasteiger partial charge in [-0.3, -0.25) is 4.98 Å². The van der Waals surface area contributed by atoms with Gasteiger partial charge in [0, 0.05) is 21.8 Å². The summed E-state index contributed by atoms with van der Waals surface area (Å²) in [6.07, 6.45) is 6.24. The lowest BCUT2D eigenvalue weighted by Crippen LogP contribution is -2.33. The Morgan fingerprint density at radius 1 is 0.630 bits per heavy atom. The number of fused-ring (bicyclic) bond motifs is 8. The Morgan fingerprint density at radius 3 is 2.04 bits per heavy atom. The van der Waals surface area contributed by atoms with Crippen molar-refractivity contribution in [2.45, 2.75) is 26.2 Å². The molecule has 0 saturated heterocycles. The largest absolute Gasteiger partial charge is 0.450 e. The van der Waals surface area contributed by atoms with Crippen molar-refractivity contribution < 1.29 is 9.47 Å². The van der Waals surface area contributed by atoms with Gasteiger partial charge in [0.15, 0.2) is 23.0 Å². The van der Waals surface area contributed by atoms with Crippen LogP contribution in [0, 0.1) is 5.92 Å². The zero-order chi connectivity index (χ0) is 36.6. The van der Waals surface area contributed by atoms with Gasteiger partial charge in [-0.1, -0.05) is 111 Å². The highest BCUT2D eigenvalue weighted by Gasteiger charge is 2.48. The van der Waals surface area contributed by atoms with E-state index in [4.69, 9.17) is 21.0 Å². The van der Waals surface area contributed by atoms with Crippen LogP contribution in [0.5, 0.6) is 23.0 Å². The standard InChI is InChI=1S/C50H38N2O2/c1-5-13-32(4)50(31(2)3)41-27-35(20-23-37(41)39-28-48-49(29-42(39)50)54-47-19-12-11-18-46(47)53-48)34-21-25-45-40(26-34)38-16-9-10-17-44(38)52(45)36-22-24-43(51-30-36)33-14-7-6-8-15-33/h5-31H,4H2,1-3H3/b13-5-. The topological polar surface area (TPSA) is 36.3 Å². The minimum absolute atomic E-state index is 0.202. The van der Waals surface area contributed by atoms with E-state index in [1.807, 2.05) is 48.7 Å². The molecule has 0 radical (unpaired) electrons. The molecule has 1 aliphatic heterocycles. The molecule has 4 heteroatoms. The number of hydrogen-bond acceptors (Lipinski definition) is 3. The predicted molar refractivity (Wildman–Crippen MR) is 221 cm³/mol. The van der Waals surface area contributed by atoms with Crippen molar-refractivity contribution in [2.75, 3.05) is 0 Å². The molecule has 0 saturated carbocycles. The summed E-state index contributed by atoms with van der Waals surface area (Å²) in [7, 11) is 0. The van der Waals surface area contributed by atoms with E-state index in [-0.39, 0.29) is 5.92 Å². The number of para-hydroxylation sites is 3. The van der Waals surface area contributed by atoms with Crippen LogP contribution in [0.2, 0.25) is 0 Å². The van der Waals surface area contributed by atoms with Gasteiger partial charge in [0.2, 0.25) is 0 Å². The normalized spacial score (nSPS) is 15.5. The predicted octanol–water partition coefficient (Wildman–Crippen LogP) is 13.5. The first-order valence-electron chi connectivity index (χ1n) is 18.6. The van der Waals surface area contributed by atoms with E-state index in [0.717, 1.165) is 73.2 Å². The van der Waals surface area contributed by atoms with Gasteiger partial charge in [-0.25, -0.2) is 0 Å². The van der Waals surface area contributed by atoms with E-state index >= 15 is 0 Å². The molecule has 2 aliphatic rings. The van der Waals surface area contributed by atoms with Crippen LogP contribution in [0.1, 0.15) is 31.9 Å². The number of allylic oxidation sites excluding steroid dienone is 3. The highest BCUT2D eigenvalue weighted by Crippen LogP contribution is 2.60. The number of benzene rings is 6. The first-order chi connectivity index (χ1) is 26.4. The average molecular weight is 699 g/mol. The number of pyridine rings is 1. The van der Waals surface area contributed by atoms with Crippen molar-refractivity contribution >= 4 is 21.8 Å². The van der Waals surface area contributed by atoms with Crippen LogP contribution in [0.4, 0.5) is 0 Å². The number of aromatic nitrogens is 2.